The highest BCUT2D eigenvalue weighted by molar-refractivity contribution is 7.98. The van der Waals surface area contributed by atoms with Crippen molar-refractivity contribution in [2.45, 2.75) is 5.16 Å². The number of carbonyl (C=O) groups is 1. The summed E-state index contributed by atoms with van der Waals surface area (Å²) in [6.07, 6.45) is 1.86. The highest BCUT2D eigenvalue weighted by atomic mass is 32.2. The van der Waals surface area contributed by atoms with E-state index in [0.717, 1.165) is 0 Å². The second kappa shape index (κ2) is 6.98. The molecule has 0 atom stereocenters. The molecule has 7 nitrogen and oxygen atoms in total. The minimum atomic E-state index is -0.542. The number of carbonyl (C=O) groups excluding carboxylic acids is 1. The average Bonchev–Trinajstić information content (AvgIpc) is 2.90. The highest BCUT2D eigenvalue weighted by Crippen LogP contribution is 2.30. The lowest BCUT2D eigenvalue weighted by molar-refractivity contribution is 0.0591. The number of nitrogens with zero attached hydrogens (tertiary/aromatic N) is 3. The summed E-state index contributed by atoms with van der Waals surface area (Å²) in [5.41, 5.74) is 14.8. The third kappa shape index (κ3) is 2.93. The number of esters is 1. The number of fused-ring (bicyclic) bond motifs is 1. The van der Waals surface area contributed by atoms with E-state index in [1.54, 1.807) is 17.7 Å². The Bertz CT molecular complexity index is 1080. The van der Waals surface area contributed by atoms with Gasteiger partial charge in [-0.05, 0) is 24.3 Å². The van der Waals surface area contributed by atoms with Crippen LogP contribution in [0.25, 0.3) is 11.0 Å². The van der Waals surface area contributed by atoms with E-state index in [2.05, 4.69) is 21.8 Å². The first-order chi connectivity index (χ1) is 12.5. The number of anilines is 2. The van der Waals surface area contributed by atoms with E-state index in [9.17, 15) is 4.79 Å². The molecule has 0 fully saturated rings. The van der Waals surface area contributed by atoms with Gasteiger partial charge in [0.1, 0.15) is 11.3 Å². The zero-order chi connectivity index (χ0) is 18.8. The summed E-state index contributed by atoms with van der Waals surface area (Å²) in [5, 5.41) is 1.05. The molecule has 3 rings (SSSR count). The molecule has 0 aliphatic heterocycles. The van der Waals surface area contributed by atoms with Gasteiger partial charge in [-0.1, -0.05) is 29.8 Å². The standard InChI is InChI=1S/C18H17N5O2S/c1-23-15(17(24)25-2)14(20)13-12(21-18(26-3)22-16(13)23)9-8-10-6-4-5-7-11(10)19/h4-7H,19-20H2,1-3H3. The molecule has 1 aromatic carbocycles. The van der Waals surface area contributed by atoms with E-state index in [1.165, 1.54) is 18.9 Å². The van der Waals surface area contributed by atoms with Crippen LogP contribution in [0.2, 0.25) is 0 Å². The normalized spacial score (nSPS) is 10.4. The van der Waals surface area contributed by atoms with Crippen LogP contribution in [0, 0.1) is 11.8 Å². The number of benzene rings is 1. The number of thioether (sulfide) groups is 1. The van der Waals surface area contributed by atoms with E-state index in [0.29, 0.717) is 33.1 Å². The molecule has 26 heavy (non-hydrogen) atoms. The van der Waals surface area contributed by atoms with E-state index >= 15 is 0 Å². The van der Waals surface area contributed by atoms with Gasteiger partial charge in [-0.25, -0.2) is 14.8 Å². The number of para-hydroxylation sites is 1. The van der Waals surface area contributed by atoms with Gasteiger partial charge in [0.2, 0.25) is 0 Å². The minimum absolute atomic E-state index is 0.220. The second-order valence-electron chi connectivity index (χ2n) is 5.41. The Morgan fingerprint density at radius 2 is 1.96 bits per heavy atom. The largest absolute Gasteiger partial charge is 0.464 e. The zero-order valence-corrected chi connectivity index (χ0v) is 15.3. The van der Waals surface area contributed by atoms with E-state index in [-0.39, 0.29) is 11.4 Å². The molecule has 2 heterocycles. The van der Waals surface area contributed by atoms with Crippen LogP contribution in [-0.2, 0) is 11.8 Å². The molecule has 0 amide bonds. The Kier molecular flexibility index (Phi) is 4.73. The molecule has 2 aromatic heterocycles. The Morgan fingerprint density at radius 1 is 1.23 bits per heavy atom. The van der Waals surface area contributed by atoms with Gasteiger partial charge in [0.25, 0.3) is 0 Å². The molecule has 0 radical (unpaired) electrons. The number of rotatable bonds is 2. The molecule has 4 N–H and O–H groups in total. The Hall–Kier alpha value is -3.18. The summed E-state index contributed by atoms with van der Waals surface area (Å²) >= 11 is 1.38. The summed E-state index contributed by atoms with van der Waals surface area (Å²) < 4.78 is 6.42. The predicted octanol–water partition coefficient (Wildman–Crippen LogP) is 2.04. The lowest BCUT2D eigenvalue weighted by Gasteiger charge is -2.02. The fourth-order valence-corrected chi connectivity index (χ4v) is 2.95. The Labute approximate surface area is 154 Å². The number of methoxy groups -OCH3 is 1. The van der Waals surface area contributed by atoms with Gasteiger partial charge in [-0.3, -0.25) is 0 Å². The highest BCUT2D eigenvalue weighted by Gasteiger charge is 2.23. The van der Waals surface area contributed by atoms with E-state index in [4.69, 9.17) is 16.2 Å². The first-order valence-corrected chi connectivity index (χ1v) is 8.85. The van der Waals surface area contributed by atoms with Crippen LogP contribution < -0.4 is 11.5 Å². The van der Waals surface area contributed by atoms with Crippen LogP contribution >= 0.6 is 11.8 Å². The first kappa shape index (κ1) is 17.6. The van der Waals surface area contributed by atoms with Crippen molar-refractivity contribution in [1.29, 1.82) is 0 Å². The van der Waals surface area contributed by atoms with Crippen LogP contribution in [0.15, 0.2) is 29.4 Å². The number of hydrogen-bond acceptors (Lipinski definition) is 7. The van der Waals surface area contributed by atoms with Gasteiger partial charge in [0.15, 0.2) is 10.9 Å². The van der Waals surface area contributed by atoms with Gasteiger partial charge in [-0.2, -0.15) is 0 Å². The van der Waals surface area contributed by atoms with Gasteiger partial charge in [0, 0.05) is 18.3 Å². The summed E-state index contributed by atoms with van der Waals surface area (Å²) in [4.78, 5) is 21.0. The molecular weight excluding hydrogens is 350 g/mol. The number of nitrogen functional groups attached to an aromatic ring is 2. The molecule has 0 saturated heterocycles. The molecule has 132 valence electrons. The van der Waals surface area contributed by atoms with Crippen LogP contribution in [0.1, 0.15) is 21.7 Å². The average molecular weight is 367 g/mol. The van der Waals surface area contributed by atoms with Crippen LogP contribution in [0.3, 0.4) is 0 Å². The van der Waals surface area contributed by atoms with Crippen molar-refractivity contribution in [3.63, 3.8) is 0 Å². The Morgan fingerprint density at radius 3 is 2.62 bits per heavy atom. The topological polar surface area (TPSA) is 109 Å². The molecule has 0 spiro atoms. The van der Waals surface area contributed by atoms with Crippen molar-refractivity contribution >= 4 is 40.1 Å². The third-order valence-electron chi connectivity index (χ3n) is 3.88. The molecule has 0 aliphatic rings. The fourth-order valence-electron chi connectivity index (χ4n) is 2.59. The van der Waals surface area contributed by atoms with Crippen molar-refractivity contribution in [2.75, 3.05) is 24.8 Å². The van der Waals surface area contributed by atoms with Crippen molar-refractivity contribution < 1.29 is 9.53 Å². The van der Waals surface area contributed by atoms with Crippen LogP contribution in [-0.4, -0.2) is 33.9 Å². The maximum Gasteiger partial charge on any atom is 0.356 e. The number of aromatic nitrogens is 3. The maximum absolute atomic E-state index is 12.1. The summed E-state index contributed by atoms with van der Waals surface area (Å²) in [7, 11) is 3.01. The van der Waals surface area contributed by atoms with Gasteiger partial charge in [-0.15, -0.1) is 0 Å². The lowest BCUT2D eigenvalue weighted by atomic mass is 10.1. The van der Waals surface area contributed by atoms with Crippen LogP contribution in [0.4, 0.5) is 11.4 Å². The third-order valence-corrected chi connectivity index (χ3v) is 4.43. The number of ether oxygens (including phenoxy) is 1. The van der Waals surface area contributed by atoms with E-state index < -0.39 is 5.97 Å². The van der Waals surface area contributed by atoms with Gasteiger partial charge in [0.05, 0.1) is 18.2 Å². The quantitative estimate of drug-likeness (QED) is 0.234. The monoisotopic (exact) mass is 367 g/mol. The number of nitrogens with two attached hydrogens (primary N) is 2. The van der Waals surface area contributed by atoms with Crippen molar-refractivity contribution in [3.8, 4) is 11.8 Å². The van der Waals surface area contributed by atoms with Crippen molar-refractivity contribution in [1.82, 2.24) is 14.5 Å². The van der Waals surface area contributed by atoms with Crippen LogP contribution in [0.5, 0.6) is 0 Å². The molecule has 3 aromatic rings. The van der Waals surface area contributed by atoms with E-state index in [1.807, 2.05) is 24.5 Å². The molecule has 0 bridgehead atoms. The Balaban J connectivity index is 2.29. The minimum Gasteiger partial charge on any atom is -0.464 e. The number of aryl methyl sites for hydroxylation is 1. The summed E-state index contributed by atoms with van der Waals surface area (Å²) in [6, 6.07) is 7.30. The molecule has 0 aliphatic carbocycles. The molecular formula is C18H17N5O2S. The fraction of sp³-hybridized carbons (Fsp3) is 0.167. The van der Waals surface area contributed by atoms with Crippen molar-refractivity contribution in [2.24, 2.45) is 7.05 Å². The smallest absolute Gasteiger partial charge is 0.356 e. The summed E-state index contributed by atoms with van der Waals surface area (Å²) in [5.74, 6) is 5.49. The maximum atomic E-state index is 12.1. The summed E-state index contributed by atoms with van der Waals surface area (Å²) in [6.45, 7) is 0. The number of hydrogen-bond donors (Lipinski definition) is 2. The van der Waals surface area contributed by atoms with Gasteiger partial charge >= 0.3 is 5.97 Å². The van der Waals surface area contributed by atoms with Gasteiger partial charge < -0.3 is 20.8 Å². The molecule has 8 heteroatoms. The first-order valence-electron chi connectivity index (χ1n) is 7.62. The predicted molar refractivity (Wildman–Crippen MR) is 103 cm³/mol. The lowest BCUT2D eigenvalue weighted by Crippen LogP contribution is -2.10. The second-order valence-corrected chi connectivity index (χ2v) is 6.18. The zero-order valence-electron chi connectivity index (χ0n) is 14.5. The SMILES string of the molecule is COC(=O)c1c(N)c2c(C#Cc3ccccc3N)nc(SC)nc2n1C. The molecule has 0 unspecified atom stereocenters. The van der Waals surface area contributed by atoms with Crippen molar-refractivity contribution in [3.05, 3.63) is 41.2 Å². The molecule has 0 saturated carbocycles.